The highest BCUT2D eigenvalue weighted by Gasteiger charge is 1.98. The van der Waals surface area contributed by atoms with Crippen molar-refractivity contribution in [3.8, 4) is 0 Å². The van der Waals surface area contributed by atoms with Crippen molar-refractivity contribution >= 4 is 0 Å². The molecule has 0 N–H and O–H groups in total. The van der Waals surface area contributed by atoms with E-state index in [-0.39, 0.29) is 0 Å². The first kappa shape index (κ1) is 14.0. The quantitative estimate of drug-likeness (QED) is 0.617. The van der Waals surface area contributed by atoms with E-state index in [0.29, 0.717) is 5.82 Å². The molecule has 0 radical (unpaired) electrons. The van der Waals surface area contributed by atoms with Gasteiger partial charge in [0.15, 0.2) is 11.6 Å². The molecule has 0 saturated carbocycles. The Morgan fingerprint density at radius 1 is 0.706 bits per heavy atom. The Balaban J connectivity index is 1.95. The average Bonchev–Trinajstić information content (AvgIpc) is 2.35. The van der Waals surface area contributed by atoms with E-state index in [1.807, 2.05) is 0 Å². The zero-order valence-corrected chi connectivity index (χ0v) is 11.2. The van der Waals surface area contributed by atoms with Gasteiger partial charge in [-0.3, -0.25) is 0 Å². The first-order valence-corrected chi connectivity index (χ1v) is 6.86. The molecule has 0 amide bonds. The summed E-state index contributed by atoms with van der Waals surface area (Å²) < 4.78 is 0. The minimum absolute atomic E-state index is 0.643. The van der Waals surface area contributed by atoms with Gasteiger partial charge in [-0.15, -0.1) is 20.4 Å². The van der Waals surface area contributed by atoms with Crippen LogP contribution in [0.2, 0.25) is 0 Å². The lowest BCUT2D eigenvalue weighted by Crippen LogP contribution is -2.02. The van der Waals surface area contributed by atoms with Crippen molar-refractivity contribution in [2.45, 2.75) is 71.6 Å². The van der Waals surface area contributed by atoms with Crippen LogP contribution < -0.4 is 0 Å². The standard InChI is InChI=1S/C13H24N4/c1-3-4-5-6-7-8-9-10-11-13-16-14-12(2)15-17-13/h3-11H2,1-2H3. The molecule has 4 nitrogen and oxygen atoms in total. The lowest BCUT2D eigenvalue weighted by Gasteiger charge is -2.00. The molecule has 0 unspecified atom stereocenters. The van der Waals surface area contributed by atoms with Crippen molar-refractivity contribution in [2.75, 3.05) is 0 Å². The lowest BCUT2D eigenvalue weighted by molar-refractivity contribution is 0.567. The number of hydrogen-bond donors (Lipinski definition) is 0. The maximum Gasteiger partial charge on any atom is 0.173 e. The van der Waals surface area contributed by atoms with Gasteiger partial charge in [-0.05, 0) is 13.3 Å². The number of aromatic nitrogens is 4. The second-order valence-electron chi connectivity index (χ2n) is 4.59. The van der Waals surface area contributed by atoms with E-state index in [0.717, 1.165) is 18.7 Å². The van der Waals surface area contributed by atoms with Crippen LogP contribution in [0.25, 0.3) is 0 Å². The summed E-state index contributed by atoms with van der Waals surface area (Å²) in [6.45, 7) is 4.06. The summed E-state index contributed by atoms with van der Waals surface area (Å²) in [5.74, 6) is 1.42. The lowest BCUT2D eigenvalue weighted by atomic mass is 10.1. The van der Waals surface area contributed by atoms with Crippen LogP contribution in [0.1, 0.15) is 69.9 Å². The summed E-state index contributed by atoms with van der Waals surface area (Å²) in [7, 11) is 0. The smallest absolute Gasteiger partial charge is 0.132 e. The Morgan fingerprint density at radius 3 is 1.82 bits per heavy atom. The number of unbranched alkanes of at least 4 members (excludes halogenated alkanes) is 7. The van der Waals surface area contributed by atoms with Gasteiger partial charge in [0.05, 0.1) is 0 Å². The minimum atomic E-state index is 0.643. The molecule has 0 aliphatic carbocycles. The van der Waals surface area contributed by atoms with Gasteiger partial charge in [0.25, 0.3) is 0 Å². The highest BCUT2D eigenvalue weighted by Crippen LogP contribution is 2.09. The van der Waals surface area contributed by atoms with Gasteiger partial charge in [-0.25, -0.2) is 0 Å². The second-order valence-corrected chi connectivity index (χ2v) is 4.59. The van der Waals surface area contributed by atoms with Crippen LogP contribution in [0.4, 0.5) is 0 Å². The van der Waals surface area contributed by atoms with Gasteiger partial charge in [0.2, 0.25) is 0 Å². The van der Waals surface area contributed by atoms with Crippen molar-refractivity contribution in [1.82, 2.24) is 20.4 Å². The molecule has 17 heavy (non-hydrogen) atoms. The van der Waals surface area contributed by atoms with Crippen LogP contribution in [0.5, 0.6) is 0 Å². The van der Waals surface area contributed by atoms with Crippen LogP contribution in [0.3, 0.4) is 0 Å². The molecule has 0 aromatic carbocycles. The normalized spacial score (nSPS) is 10.7. The third-order valence-electron chi connectivity index (χ3n) is 2.87. The summed E-state index contributed by atoms with van der Waals surface area (Å²) in [5, 5.41) is 15.8. The third-order valence-corrected chi connectivity index (χ3v) is 2.87. The van der Waals surface area contributed by atoms with E-state index < -0.39 is 0 Å². The topological polar surface area (TPSA) is 51.6 Å². The van der Waals surface area contributed by atoms with Crippen molar-refractivity contribution < 1.29 is 0 Å². The number of aryl methyl sites for hydroxylation is 2. The van der Waals surface area contributed by atoms with Crippen LogP contribution in [-0.2, 0) is 6.42 Å². The summed E-state index contributed by atoms with van der Waals surface area (Å²) in [6.07, 6.45) is 11.5. The number of nitrogens with zero attached hydrogens (tertiary/aromatic N) is 4. The predicted molar refractivity (Wildman–Crippen MR) is 68.7 cm³/mol. The molecule has 0 saturated heterocycles. The Labute approximate surface area is 104 Å². The average molecular weight is 236 g/mol. The van der Waals surface area contributed by atoms with Crippen molar-refractivity contribution in [2.24, 2.45) is 0 Å². The summed E-state index contributed by atoms with van der Waals surface area (Å²) in [4.78, 5) is 0. The van der Waals surface area contributed by atoms with Gasteiger partial charge in [-0.1, -0.05) is 51.9 Å². The number of hydrogen-bond acceptors (Lipinski definition) is 4. The van der Waals surface area contributed by atoms with Crippen LogP contribution in [-0.4, -0.2) is 20.4 Å². The molecule has 1 aromatic heterocycles. The fourth-order valence-electron chi connectivity index (χ4n) is 1.82. The molecular weight excluding hydrogens is 212 g/mol. The van der Waals surface area contributed by atoms with Crippen molar-refractivity contribution in [1.29, 1.82) is 0 Å². The fraction of sp³-hybridized carbons (Fsp3) is 0.846. The molecule has 0 spiro atoms. The largest absolute Gasteiger partial charge is 0.173 e. The highest BCUT2D eigenvalue weighted by molar-refractivity contribution is 4.79. The van der Waals surface area contributed by atoms with Crippen LogP contribution in [0.15, 0.2) is 0 Å². The van der Waals surface area contributed by atoms with E-state index in [9.17, 15) is 0 Å². The molecule has 0 aliphatic heterocycles. The minimum Gasteiger partial charge on any atom is -0.132 e. The summed E-state index contributed by atoms with van der Waals surface area (Å²) in [6, 6.07) is 0. The highest BCUT2D eigenvalue weighted by atomic mass is 15.3. The first-order chi connectivity index (χ1) is 8.33. The van der Waals surface area contributed by atoms with Crippen molar-refractivity contribution in [3.05, 3.63) is 11.6 Å². The van der Waals surface area contributed by atoms with E-state index in [2.05, 4.69) is 27.3 Å². The van der Waals surface area contributed by atoms with Gasteiger partial charge in [-0.2, -0.15) is 0 Å². The molecule has 0 aliphatic rings. The van der Waals surface area contributed by atoms with Gasteiger partial charge >= 0.3 is 0 Å². The third kappa shape index (κ3) is 6.97. The van der Waals surface area contributed by atoms with Gasteiger partial charge < -0.3 is 0 Å². The fourth-order valence-corrected chi connectivity index (χ4v) is 1.82. The zero-order valence-electron chi connectivity index (χ0n) is 11.2. The Hall–Kier alpha value is -1.06. The van der Waals surface area contributed by atoms with Crippen LogP contribution >= 0.6 is 0 Å². The molecule has 1 aromatic rings. The van der Waals surface area contributed by atoms with Crippen LogP contribution in [0, 0.1) is 6.92 Å². The van der Waals surface area contributed by atoms with Gasteiger partial charge in [0.1, 0.15) is 0 Å². The zero-order chi connectivity index (χ0) is 12.3. The molecular formula is C13H24N4. The summed E-state index contributed by atoms with van der Waals surface area (Å²) >= 11 is 0. The molecule has 0 bridgehead atoms. The molecule has 4 heteroatoms. The Bertz CT molecular complexity index is 284. The second kappa shape index (κ2) is 9.02. The van der Waals surface area contributed by atoms with E-state index in [1.165, 1.54) is 44.9 Å². The Morgan fingerprint density at radius 2 is 1.24 bits per heavy atom. The molecule has 0 atom stereocenters. The molecule has 0 fully saturated rings. The Kier molecular flexibility index (Phi) is 7.43. The predicted octanol–water partition coefficient (Wildman–Crippen LogP) is 3.26. The number of rotatable bonds is 9. The maximum atomic E-state index is 4.01. The van der Waals surface area contributed by atoms with E-state index in [1.54, 1.807) is 6.92 Å². The van der Waals surface area contributed by atoms with E-state index in [4.69, 9.17) is 0 Å². The first-order valence-electron chi connectivity index (χ1n) is 6.86. The molecule has 1 rings (SSSR count). The SMILES string of the molecule is CCCCCCCCCCc1nnc(C)nn1. The monoisotopic (exact) mass is 236 g/mol. The molecule has 96 valence electrons. The van der Waals surface area contributed by atoms with E-state index >= 15 is 0 Å². The summed E-state index contributed by atoms with van der Waals surface area (Å²) in [5.41, 5.74) is 0. The van der Waals surface area contributed by atoms with Crippen molar-refractivity contribution in [3.63, 3.8) is 0 Å². The van der Waals surface area contributed by atoms with Gasteiger partial charge in [0, 0.05) is 6.42 Å². The maximum absolute atomic E-state index is 4.01. The molecule has 1 heterocycles.